The standard InChI is InChI=1S/C19H25N3O2/c1-14(22-12-11-20-15(22)2)16-5-7-17(8-6-16)21-19(23)10-9-18-4-3-13-24-18/h5-8,11-12,14,18H,3-4,9-10,13H2,1-2H3,(H,21,23)/t14-,18+/m0/s1. The van der Waals surface area contributed by atoms with Crippen molar-refractivity contribution in [3.05, 3.63) is 48.0 Å². The number of aryl methyl sites for hydroxylation is 1. The molecule has 1 aromatic heterocycles. The minimum atomic E-state index is 0.0525. The van der Waals surface area contributed by atoms with Crippen molar-refractivity contribution in [1.29, 1.82) is 0 Å². The van der Waals surface area contributed by atoms with Crippen LogP contribution in [0.4, 0.5) is 5.69 Å². The molecule has 1 aliphatic rings. The molecule has 3 rings (SSSR count). The van der Waals surface area contributed by atoms with E-state index in [1.807, 2.05) is 31.5 Å². The highest BCUT2D eigenvalue weighted by Gasteiger charge is 2.16. The van der Waals surface area contributed by atoms with Crippen LogP contribution >= 0.6 is 0 Å². The molecule has 1 aliphatic heterocycles. The molecule has 1 amide bonds. The van der Waals surface area contributed by atoms with E-state index >= 15 is 0 Å². The first-order chi connectivity index (χ1) is 11.6. The number of carbonyl (C=O) groups excluding carboxylic acids is 1. The summed E-state index contributed by atoms with van der Waals surface area (Å²) in [6.07, 6.45) is 7.57. The molecule has 2 atom stereocenters. The summed E-state index contributed by atoms with van der Waals surface area (Å²) < 4.78 is 7.69. The van der Waals surface area contributed by atoms with Gasteiger partial charge in [-0.15, -0.1) is 0 Å². The van der Waals surface area contributed by atoms with E-state index in [4.69, 9.17) is 4.74 Å². The molecular formula is C19H25N3O2. The van der Waals surface area contributed by atoms with Crippen LogP contribution in [0.15, 0.2) is 36.7 Å². The maximum absolute atomic E-state index is 12.0. The fourth-order valence-corrected chi connectivity index (χ4v) is 3.19. The molecule has 0 spiro atoms. The van der Waals surface area contributed by atoms with Crippen molar-refractivity contribution >= 4 is 11.6 Å². The van der Waals surface area contributed by atoms with E-state index in [0.29, 0.717) is 6.42 Å². The first-order valence-corrected chi connectivity index (χ1v) is 8.64. The predicted octanol–water partition coefficient (Wildman–Crippen LogP) is 3.70. The highest BCUT2D eigenvalue weighted by atomic mass is 16.5. The van der Waals surface area contributed by atoms with Gasteiger partial charge < -0.3 is 14.6 Å². The van der Waals surface area contributed by atoms with E-state index < -0.39 is 0 Å². The summed E-state index contributed by atoms with van der Waals surface area (Å²) in [6.45, 7) is 4.98. The number of hydrogen-bond acceptors (Lipinski definition) is 3. The molecule has 1 fully saturated rings. The first-order valence-electron chi connectivity index (χ1n) is 8.64. The summed E-state index contributed by atoms with van der Waals surface area (Å²) in [6, 6.07) is 8.25. The van der Waals surface area contributed by atoms with Crippen LogP contribution in [0.1, 0.15) is 50.0 Å². The smallest absolute Gasteiger partial charge is 0.224 e. The molecule has 24 heavy (non-hydrogen) atoms. The summed E-state index contributed by atoms with van der Waals surface area (Å²) in [4.78, 5) is 16.3. The van der Waals surface area contributed by atoms with E-state index in [9.17, 15) is 4.79 Å². The number of aromatic nitrogens is 2. The van der Waals surface area contributed by atoms with Crippen molar-refractivity contribution in [3.63, 3.8) is 0 Å². The average Bonchev–Trinajstić information content (AvgIpc) is 3.24. The molecule has 1 N–H and O–H groups in total. The van der Waals surface area contributed by atoms with Crippen LogP contribution in [0.25, 0.3) is 0 Å². The first kappa shape index (κ1) is 16.7. The van der Waals surface area contributed by atoms with Gasteiger partial charge >= 0.3 is 0 Å². The van der Waals surface area contributed by atoms with Crippen molar-refractivity contribution in [1.82, 2.24) is 9.55 Å². The number of amides is 1. The fraction of sp³-hybridized carbons (Fsp3) is 0.474. The number of rotatable bonds is 6. The van der Waals surface area contributed by atoms with Gasteiger partial charge in [-0.1, -0.05) is 12.1 Å². The third-order valence-electron chi connectivity index (χ3n) is 4.67. The van der Waals surface area contributed by atoms with Crippen molar-refractivity contribution in [2.75, 3.05) is 11.9 Å². The van der Waals surface area contributed by atoms with Crippen molar-refractivity contribution in [2.45, 2.75) is 51.7 Å². The highest BCUT2D eigenvalue weighted by molar-refractivity contribution is 5.90. The van der Waals surface area contributed by atoms with Gasteiger partial charge in [0.25, 0.3) is 0 Å². The molecule has 0 radical (unpaired) electrons. The minimum Gasteiger partial charge on any atom is -0.378 e. The zero-order valence-corrected chi connectivity index (χ0v) is 14.4. The maximum Gasteiger partial charge on any atom is 0.224 e. The van der Waals surface area contributed by atoms with Gasteiger partial charge in [-0.05, 0) is 50.8 Å². The Kier molecular flexibility index (Phi) is 5.30. The van der Waals surface area contributed by atoms with E-state index in [-0.39, 0.29) is 18.1 Å². The quantitative estimate of drug-likeness (QED) is 0.880. The molecular weight excluding hydrogens is 302 g/mol. The summed E-state index contributed by atoms with van der Waals surface area (Å²) in [5, 5.41) is 2.96. The Morgan fingerprint density at radius 3 is 2.83 bits per heavy atom. The summed E-state index contributed by atoms with van der Waals surface area (Å²) in [7, 11) is 0. The lowest BCUT2D eigenvalue weighted by atomic mass is 10.1. The van der Waals surface area contributed by atoms with Gasteiger partial charge in [-0.3, -0.25) is 4.79 Å². The Bertz CT molecular complexity index is 672. The average molecular weight is 327 g/mol. The van der Waals surface area contributed by atoms with Crippen LogP contribution in [0, 0.1) is 6.92 Å². The Labute approximate surface area is 143 Å². The van der Waals surface area contributed by atoms with Crippen LogP contribution < -0.4 is 5.32 Å². The maximum atomic E-state index is 12.0. The molecule has 1 saturated heterocycles. The summed E-state index contributed by atoms with van der Waals surface area (Å²) >= 11 is 0. The van der Waals surface area contributed by atoms with E-state index in [1.54, 1.807) is 0 Å². The Morgan fingerprint density at radius 2 is 2.21 bits per heavy atom. The molecule has 0 unspecified atom stereocenters. The van der Waals surface area contributed by atoms with E-state index in [2.05, 4.69) is 33.9 Å². The summed E-state index contributed by atoms with van der Waals surface area (Å²) in [5.41, 5.74) is 2.03. The molecule has 5 nitrogen and oxygen atoms in total. The highest BCUT2D eigenvalue weighted by Crippen LogP contribution is 2.22. The van der Waals surface area contributed by atoms with Crippen LogP contribution in [-0.4, -0.2) is 28.2 Å². The predicted molar refractivity (Wildman–Crippen MR) is 94.1 cm³/mol. The third-order valence-corrected chi connectivity index (χ3v) is 4.67. The molecule has 0 aliphatic carbocycles. The van der Waals surface area contributed by atoms with Crippen LogP contribution in [0.3, 0.4) is 0 Å². The van der Waals surface area contributed by atoms with Gasteiger partial charge in [0.2, 0.25) is 5.91 Å². The second-order valence-electron chi connectivity index (χ2n) is 6.40. The van der Waals surface area contributed by atoms with Crippen LogP contribution in [0.2, 0.25) is 0 Å². The molecule has 0 bridgehead atoms. The lowest BCUT2D eigenvalue weighted by Crippen LogP contribution is -2.15. The number of ether oxygens (including phenoxy) is 1. The van der Waals surface area contributed by atoms with Gasteiger partial charge in [-0.25, -0.2) is 4.98 Å². The van der Waals surface area contributed by atoms with Crippen LogP contribution in [0.5, 0.6) is 0 Å². The molecule has 0 saturated carbocycles. The second kappa shape index (κ2) is 7.62. The monoisotopic (exact) mass is 327 g/mol. The zero-order valence-electron chi connectivity index (χ0n) is 14.4. The number of carbonyl (C=O) groups is 1. The van der Waals surface area contributed by atoms with Crippen LogP contribution in [-0.2, 0) is 9.53 Å². The molecule has 2 heterocycles. The number of hydrogen-bond donors (Lipinski definition) is 1. The lowest BCUT2D eigenvalue weighted by molar-refractivity contribution is -0.116. The van der Waals surface area contributed by atoms with Gasteiger partial charge in [0.15, 0.2) is 0 Å². The number of nitrogens with zero attached hydrogens (tertiary/aromatic N) is 2. The molecule has 128 valence electrons. The van der Waals surface area contributed by atoms with Gasteiger partial charge in [0.05, 0.1) is 12.1 Å². The Hall–Kier alpha value is -2.14. The number of anilines is 1. The third kappa shape index (κ3) is 4.03. The molecule has 1 aromatic carbocycles. The number of benzene rings is 1. The Balaban J connectivity index is 1.54. The van der Waals surface area contributed by atoms with E-state index in [0.717, 1.165) is 37.4 Å². The van der Waals surface area contributed by atoms with Crippen molar-refractivity contribution < 1.29 is 9.53 Å². The Morgan fingerprint density at radius 1 is 1.42 bits per heavy atom. The number of nitrogens with one attached hydrogen (secondary N) is 1. The van der Waals surface area contributed by atoms with Gasteiger partial charge in [0, 0.05) is 31.1 Å². The van der Waals surface area contributed by atoms with Crippen molar-refractivity contribution in [2.24, 2.45) is 0 Å². The molecule has 2 aromatic rings. The second-order valence-corrected chi connectivity index (χ2v) is 6.40. The lowest BCUT2D eigenvalue weighted by Gasteiger charge is -2.16. The largest absolute Gasteiger partial charge is 0.378 e. The van der Waals surface area contributed by atoms with E-state index in [1.165, 1.54) is 5.56 Å². The zero-order chi connectivity index (χ0) is 16.9. The van der Waals surface area contributed by atoms with Gasteiger partial charge in [0.1, 0.15) is 5.82 Å². The fourth-order valence-electron chi connectivity index (χ4n) is 3.19. The molecule has 5 heteroatoms. The van der Waals surface area contributed by atoms with Crippen molar-refractivity contribution in [3.8, 4) is 0 Å². The minimum absolute atomic E-state index is 0.0525. The number of imidazole rings is 1. The topological polar surface area (TPSA) is 56.2 Å². The van der Waals surface area contributed by atoms with Gasteiger partial charge in [-0.2, -0.15) is 0 Å². The summed E-state index contributed by atoms with van der Waals surface area (Å²) in [5.74, 6) is 1.05. The normalized spacial score (nSPS) is 18.5. The SMILES string of the molecule is Cc1nccn1[C@@H](C)c1ccc(NC(=O)CC[C@H]2CCCO2)cc1.